The van der Waals surface area contributed by atoms with Gasteiger partial charge in [-0.25, -0.2) is 0 Å². The smallest absolute Gasteiger partial charge is 0.261 e. The summed E-state index contributed by atoms with van der Waals surface area (Å²) in [5, 5.41) is 2.67. The van der Waals surface area contributed by atoms with E-state index < -0.39 is 8.32 Å². The number of carbonyl (C=O) groups is 1. The van der Waals surface area contributed by atoms with E-state index in [1.807, 2.05) is 0 Å². The van der Waals surface area contributed by atoms with Crippen molar-refractivity contribution in [2.45, 2.75) is 58.6 Å². The average Bonchev–Trinajstić information content (AvgIpc) is 3.15. The Morgan fingerprint density at radius 1 is 0.897 bits per heavy atom. The molecule has 3 heteroatoms. The molecule has 0 aliphatic heterocycles. The normalized spacial score (nSPS) is 29.8. The average molecular weight is 407 g/mol. The second kappa shape index (κ2) is 7.52. The highest BCUT2D eigenvalue weighted by Gasteiger charge is 2.56. The molecule has 29 heavy (non-hydrogen) atoms. The maximum atomic E-state index is 12.3. The number of hydrogen-bond acceptors (Lipinski definition) is 2. The van der Waals surface area contributed by atoms with E-state index in [0.717, 1.165) is 12.8 Å². The van der Waals surface area contributed by atoms with Gasteiger partial charge >= 0.3 is 0 Å². The van der Waals surface area contributed by atoms with E-state index in [9.17, 15) is 4.79 Å². The van der Waals surface area contributed by atoms with Crippen LogP contribution in [-0.4, -0.2) is 20.2 Å². The maximum Gasteiger partial charge on any atom is 0.261 e. The first-order chi connectivity index (χ1) is 13.8. The number of fused-ring (bicyclic) bond motifs is 1. The van der Waals surface area contributed by atoms with Gasteiger partial charge in [-0.05, 0) is 39.6 Å². The molecule has 2 aromatic carbocycles. The number of rotatable bonds is 4. The van der Waals surface area contributed by atoms with Crippen LogP contribution in [0.25, 0.3) is 0 Å². The van der Waals surface area contributed by atoms with E-state index >= 15 is 0 Å². The summed E-state index contributed by atoms with van der Waals surface area (Å²) in [6.45, 7) is 11.5. The van der Waals surface area contributed by atoms with Gasteiger partial charge in [-0.1, -0.05) is 95.3 Å². The minimum Gasteiger partial charge on any atom is -0.404 e. The van der Waals surface area contributed by atoms with Crippen LogP contribution >= 0.6 is 0 Å². The zero-order chi connectivity index (χ0) is 20.8. The number of Topliss-reactive ketones (excluding diaryl/α,β-unsaturated/α-hetero) is 1. The summed E-state index contributed by atoms with van der Waals surface area (Å²) in [5.41, 5.74) is 0. The maximum absolute atomic E-state index is 12.3. The molecule has 0 bridgehead atoms. The van der Waals surface area contributed by atoms with E-state index in [0.29, 0.717) is 23.5 Å². The highest BCUT2D eigenvalue weighted by atomic mass is 28.4. The van der Waals surface area contributed by atoms with Gasteiger partial charge in [0.05, 0.1) is 0 Å². The Bertz CT molecular complexity index is 816. The molecule has 0 N–H and O–H groups in total. The lowest BCUT2D eigenvalue weighted by Gasteiger charge is -2.45. The van der Waals surface area contributed by atoms with Crippen molar-refractivity contribution < 1.29 is 9.22 Å². The summed E-state index contributed by atoms with van der Waals surface area (Å²) in [7, 11) is -2.53. The van der Waals surface area contributed by atoms with Crippen LogP contribution in [0, 0.1) is 23.7 Å². The Kier molecular flexibility index (Phi) is 5.33. The summed E-state index contributed by atoms with van der Waals surface area (Å²) in [5.74, 6) is 2.03. The van der Waals surface area contributed by atoms with Gasteiger partial charge in [-0.3, -0.25) is 4.79 Å². The summed E-state index contributed by atoms with van der Waals surface area (Å²) in [6.07, 6.45) is 1.98. The molecule has 5 atom stereocenters. The Morgan fingerprint density at radius 3 is 1.86 bits per heavy atom. The fourth-order valence-electron chi connectivity index (χ4n) is 6.16. The molecule has 0 heterocycles. The van der Waals surface area contributed by atoms with Gasteiger partial charge in [-0.2, -0.15) is 0 Å². The molecular formula is C26H34O2Si. The molecule has 4 rings (SSSR count). The molecule has 2 aromatic rings. The first-order valence-corrected chi connectivity index (χ1v) is 13.0. The molecule has 0 saturated heterocycles. The van der Waals surface area contributed by atoms with Gasteiger partial charge in [0, 0.05) is 18.4 Å². The van der Waals surface area contributed by atoms with Crippen molar-refractivity contribution in [1.29, 1.82) is 0 Å². The van der Waals surface area contributed by atoms with Crippen molar-refractivity contribution in [2.24, 2.45) is 23.7 Å². The topological polar surface area (TPSA) is 26.3 Å². The highest BCUT2D eigenvalue weighted by molar-refractivity contribution is 6.99. The molecule has 0 spiro atoms. The summed E-state index contributed by atoms with van der Waals surface area (Å²) < 4.78 is 7.40. The van der Waals surface area contributed by atoms with Gasteiger partial charge in [0.2, 0.25) is 0 Å². The third kappa shape index (κ3) is 3.33. The quantitative estimate of drug-likeness (QED) is 0.681. The fraction of sp³-hybridized carbons (Fsp3) is 0.500. The molecule has 2 saturated carbocycles. The lowest BCUT2D eigenvalue weighted by molar-refractivity contribution is -0.121. The first kappa shape index (κ1) is 20.6. The number of ketones is 1. The zero-order valence-electron chi connectivity index (χ0n) is 18.4. The Hall–Kier alpha value is -1.71. The lowest BCUT2D eigenvalue weighted by atomic mass is 9.86. The van der Waals surface area contributed by atoms with E-state index in [1.54, 1.807) is 0 Å². The van der Waals surface area contributed by atoms with Gasteiger partial charge in [0.25, 0.3) is 8.32 Å². The SMILES string of the molecule is C[C@@H]1[C@@H]2[C@@H](CC(=O)[C@H]2C)C[C@H]1O[Si](c1ccccc1)(c1ccccc1)C(C)(C)C. The van der Waals surface area contributed by atoms with Gasteiger partial charge < -0.3 is 4.43 Å². The van der Waals surface area contributed by atoms with Crippen LogP contribution in [0.5, 0.6) is 0 Å². The van der Waals surface area contributed by atoms with E-state index in [-0.39, 0.29) is 17.1 Å². The second-order valence-corrected chi connectivity index (χ2v) is 14.5. The number of hydrogen-bond donors (Lipinski definition) is 0. The first-order valence-electron chi connectivity index (χ1n) is 11.1. The van der Waals surface area contributed by atoms with Crippen molar-refractivity contribution >= 4 is 24.5 Å². The molecule has 0 aromatic heterocycles. The monoisotopic (exact) mass is 406 g/mol. The zero-order valence-corrected chi connectivity index (χ0v) is 19.4. The molecule has 154 valence electrons. The Balaban J connectivity index is 1.79. The summed E-state index contributed by atoms with van der Waals surface area (Å²) in [6, 6.07) is 21.8. The lowest BCUT2D eigenvalue weighted by Crippen LogP contribution is -2.68. The third-order valence-corrected chi connectivity index (χ3v) is 12.6. The van der Waals surface area contributed by atoms with E-state index in [1.165, 1.54) is 10.4 Å². The van der Waals surface area contributed by atoms with Crippen LogP contribution in [-0.2, 0) is 9.22 Å². The predicted octanol–water partition coefficient (Wildman–Crippen LogP) is 4.81. The predicted molar refractivity (Wildman–Crippen MR) is 122 cm³/mol. The molecule has 0 radical (unpaired) electrons. The molecule has 0 unspecified atom stereocenters. The van der Waals surface area contributed by atoms with E-state index in [2.05, 4.69) is 95.3 Å². The van der Waals surface area contributed by atoms with Crippen molar-refractivity contribution in [3.8, 4) is 0 Å². The molecule has 2 nitrogen and oxygen atoms in total. The second-order valence-electron chi connectivity index (χ2n) is 10.2. The summed E-state index contributed by atoms with van der Waals surface area (Å²) >= 11 is 0. The molecule has 2 aliphatic carbocycles. The van der Waals surface area contributed by atoms with Crippen molar-refractivity contribution in [3.05, 3.63) is 60.7 Å². The van der Waals surface area contributed by atoms with Crippen molar-refractivity contribution in [3.63, 3.8) is 0 Å². The minimum atomic E-state index is -2.53. The Labute approximate surface area is 176 Å². The van der Waals surface area contributed by atoms with Crippen LogP contribution in [0.2, 0.25) is 5.04 Å². The number of benzene rings is 2. The molecular weight excluding hydrogens is 372 g/mol. The van der Waals surface area contributed by atoms with Crippen LogP contribution in [0.15, 0.2) is 60.7 Å². The van der Waals surface area contributed by atoms with Gasteiger partial charge in [-0.15, -0.1) is 0 Å². The van der Waals surface area contributed by atoms with Gasteiger partial charge in [0.1, 0.15) is 5.78 Å². The largest absolute Gasteiger partial charge is 0.404 e. The standard InChI is InChI=1S/C26H34O2Si/c1-18-23(27)16-20-17-24(19(2)25(18)20)28-29(26(3,4)5,21-12-8-6-9-13-21)22-14-10-7-11-15-22/h6-15,18-20,24-25H,16-17H2,1-5H3/t18-,19+,20+,24-,25-/m1/s1. The summed E-state index contributed by atoms with van der Waals surface area (Å²) in [4.78, 5) is 12.3. The van der Waals surface area contributed by atoms with E-state index in [4.69, 9.17) is 4.43 Å². The van der Waals surface area contributed by atoms with Crippen LogP contribution in [0.4, 0.5) is 0 Å². The molecule has 2 fully saturated rings. The Morgan fingerprint density at radius 2 is 1.41 bits per heavy atom. The van der Waals surface area contributed by atoms with Gasteiger partial charge in [0.15, 0.2) is 0 Å². The van der Waals surface area contributed by atoms with Crippen molar-refractivity contribution in [2.75, 3.05) is 0 Å². The number of carbonyl (C=O) groups excluding carboxylic acids is 1. The van der Waals surface area contributed by atoms with Crippen LogP contribution in [0.1, 0.15) is 47.5 Å². The van der Waals surface area contributed by atoms with Crippen molar-refractivity contribution in [1.82, 2.24) is 0 Å². The third-order valence-electron chi connectivity index (χ3n) is 7.57. The fourth-order valence-corrected chi connectivity index (χ4v) is 10.9. The molecule has 0 amide bonds. The molecule has 2 aliphatic rings. The van der Waals surface area contributed by atoms with Crippen LogP contribution < -0.4 is 10.4 Å². The minimum absolute atomic E-state index is 0.00539. The highest BCUT2D eigenvalue weighted by Crippen LogP contribution is 2.51. The van der Waals surface area contributed by atoms with Crippen LogP contribution in [0.3, 0.4) is 0 Å².